The van der Waals surface area contributed by atoms with E-state index < -0.39 is 10.0 Å². The molecule has 2 rings (SSSR count). The zero-order valence-corrected chi connectivity index (χ0v) is 16.5. The monoisotopic (exact) mass is 394 g/mol. The molecule has 1 amide bonds. The number of hydrogen-bond acceptors (Lipinski definition) is 5. The van der Waals surface area contributed by atoms with Gasteiger partial charge < -0.3 is 14.6 Å². The molecule has 27 heavy (non-hydrogen) atoms. The smallest absolute Gasteiger partial charge is 0.232 e. The molecule has 0 radical (unpaired) electrons. The number of ether oxygens (including phenoxy) is 1. The number of carbonyl (C=O) groups is 1. The molecular formula is C18H26N4O4S. The summed E-state index contributed by atoms with van der Waals surface area (Å²) < 4.78 is 32.5. The zero-order valence-electron chi connectivity index (χ0n) is 15.7. The van der Waals surface area contributed by atoms with Crippen molar-refractivity contribution < 1.29 is 17.9 Å². The summed E-state index contributed by atoms with van der Waals surface area (Å²) in [4.78, 5) is 15.9. The molecule has 0 aliphatic rings. The van der Waals surface area contributed by atoms with E-state index in [1.807, 2.05) is 10.8 Å². The second-order valence-electron chi connectivity index (χ2n) is 6.14. The summed E-state index contributed by atoms with van der Waals surface area (Å²) in [5.74, 6) is 0.575. The Labute approximate surface area is 160 Å². The van der Waals surface area contributed by atoms with Crippen molar-refractivity contribution in [1.82, 2.24) is 14.9 Å². The number of aromatic nitrogens is 2. The normalized spacial score (nSPS) is 11.2. The fourth-order valence-corrected chi connectivity index (χ4v) is 3.58. The van der Waals surface area contributed by atoms with Gasteiger partial charge in [-0.15, -0.1) is 0 Å². The third-order valence-electron chi connectivity index (χ3n) is 4.00. The Kier molecular flexibility index (Phi) is 7.66. The Morgan fingerprint density at radius 2 is 2.00 bits per heavy atom. The van der Waals surface area contributed by atoms with Gasteiger partial charge in [0.15, 0.2) is 0 Å². The maximum atomic E-state index is 12.1. The molecule has 0 saturated heterocycles. The molecule has 8 nitrogen and oxygen atoms in total. The topological polar surface area (TPSA) is 93.5 Å². The molecule has 0 aliphatic heterocycles. The SMILES string of the molecule is COc1ccc(N(CCCC(=O)NCCCn2ccnc2)S(C)(=O)=O)cc1. The van der Waals surface area contributed by atoms with Crippen molar-refractivity contribution in [3.63, 3.8) is 0 Å². The number of aryl methyl sites for hydroxylation is 1. The molecule has 148 valence electrons. The molecule has 1 heterocycles. The van der Waals surface area contributed by atoms with E-state index in [2.05, 4.69) is 10.3 Å². The summed E-state index contributed by atoms with van der Waals surface area (Å²) in [6.45, 7) is 1.61. The molecule has 0 aliphatic carbocycles. The number of anilines is 1. The Morgan fingerprint density at radius 3 is 2.59 bits per heavy atom. The molecule has 0 atom stereocenters. The van der Waals surface area contributed by atoms with E-state index in [1.54, 1.807) is 43.9 Å². The first-order valence-electron chi connectivity index (χ1n) is 8.74. The van der Waals surface area contributed by atoms with Gasteiger partial charge >= 0.3 is 0 Å². The second kappa shape index (κ2) is 9.96. The van der Waals surface area contributed by atoms with Gasteiger partial charge in [-0.3, -0.25) is 9.10 Å². The zero-order chi connectivity index (χ0) is 19.7. The molecule has 1 aromatic heterocycles. The number of amides is 1. The van der Waals surface area contributed by atoms with Crippen molar-refractivity contribution in [3.05, 3.63) is 43.0 Å². The first-order valence-corrected chi connectivity index (χ1v) is 10.6. The molecule has 0 bridgehead atoms. The predicted octanol–water partition coefficient (Wildman–Crippen LogP) is 1.64. The van der Waals surface area contributed by atoms with Crippen molar-refractivity contribution in [2.75, 3.05) is 30.8 Å². The first-order chi connectivity index (χ1) is 12.9. The summed E-state index contributed by atoms with van der Waals surface area (Å²) in [5.41, 5.74) is 0.555. The number of imidazole rings is 1. The average molecular weight is 394 g/mol. The largest absolute Gasteiger partial charge is 0.497 e. The third kappa shape index (κ3) is 6.93. The third-order valence-corrected chi connectivity index (χ3v) is 5.19. The van der Waals surface area contributed by atoms with Crippen LogP contribution in [0.5, 0.6) is 5.75 Å². The number of rotatable bonds is 11. The van der Waals surface area contributed by atoms with Gasteiger partial charge in [0.05, 0.1) is 25.4 Å². The van der Waals surface area contributed by atoms with Crippen molar-refractivity contribution in [2.45, 2.75) is 25.8 Å². The molecule has 1 aromatic carbocycles. The lowest BCUT2D eigenvalue weighted by atomic mass is 10.2. The minimum absolute atomic E-state index is 0.0798. The van der Waals surface area contributed by atoms with Crippen LogP contribution in [0.15, 0.2) is 43.0 Å². The molecule has 0 fully saturated rings. The maximum absolute atomic E-state index is 12.1. The van der Waals surface area contributed by atoms with Crippen molar-refractivity contribution in [1.29, 1.82) is 0 Å². The van der Waals surface area contributed by atoms with Gasteiger partial charge in [-0.2, -0.15) is 0 Å². The fraction of sp³-hybridized carbons (Fsp3) is 0.444. The lowest BCUT2D eigenvalue weighted by Crippen LogP contribution is -2.32. The highest BCUT2D eigenvalue weighted by atomic mass is 32.2. The van der Waals surface area contributed by atoms with Crippen LogP contribution >= 0.6 is 0 Å². The van der Waals surface area contributed by atoms with Crippen LogP contribution in [0, 0.1) is 0 Å². The van der Waals surface area contributed by atoms with Gasteiger partial charge in [0, 0.05) is 38.4 Å². The minimum atomic E-state index is -3.43. The van der Waals surface area contributed by atoms with E-state index in [4.69, 9.17) is 4.74 Å². The molecule has 0 unspecified atom stereocenters. The van der Waals surface area contributed by atoms with Gasteiger partial charge in [-0.05, 0) is 37.1 Å². The van der Waals surface area contributed by atoms with E-state index in [0.29, 0.717) is 24.4 Å². The summed E-state index contributed by atoms with van der Waals surface area (Å²) >= 11 is 0. The number of benzene rings is 1. The number of nitrogens with zero attached hydrogens (tertiary/aromatic N) is 3. The average Bonchev–Trinajstić information content (AvgIpc) is 3.15. The number of hydrogen-bond donors (Lipinski definition) is 1. The van der Waals surface area contributed by atoms with E-state index >= 15 is 0 Å². The van der Waals surface area contributed by atoms with Crippen LogP contribution in [-0.2, 0) is 21.4 Å². The predicted molar refractivity (Wildman–Crippen MR) is 104 cm³/mol. The summed E-state index contributed by atoms with van der Waals surface area (Å²) in [6.07, 6.45) is 8.01. The molecule has 1 N–H and O–H groups in total. The lowest BCUT2D eigenvalue weighted by Gasteiger charge is -2.22. The number of methoxy groups -OCH3 is 1. The molecule has 0 spiro atoms. The van der Waals surface area contributed by atoms with Gasteiger partial charge in [-0.1, -0.05) is 0 Å². The summed E-state index contributed by atoms with van der Waals surface area (Å²) in [7, 11) is -1.88. The molecule has 2 aromatic rings. The van der Waals surface area contributed by atoms with Crippen LogP contribution < -0.4 is 14.4 Å². The standard InChI is InChI=1S/C18H26N4O4S/c1-26-17-8-6-16(7-9-17)22(27(2,24)25)13-3-5-18(23)20-10-4-12-21-14-11-19-15-21/h6-9,11,14-15H,3-5,10,12-13H2,1-2H3,(H,20,23). The van der Waals surface area contributed by atoms with E-state index in [-0.39, 0.29) is 18.9 Å². The number of carbonyl (C=O) groups excluding carboxylic acids is 1. The molecular weight excluding hydrogens is 368 g/mol. The van der Waals surface area contributed by atoms with Gasteiger partial charge in [0.25, 0.3) is 0 Å². The summed E-state index contributed by atoms with van der Waals surface area (Å²) in [5, 5.41) is 2.86. The first kappa shape index (κ1) is 20.8. The Bertz CT molecular complexity index is 804. The summed E-state index contributed by atoms with van der Waals surface area (Å²) in [6, 6.07) is 6.80. The highest BCUT2D eigenvalue weighted by Gasteiger charge is 2.17. The van der Waals surface area contributed by atoms with Crippen LogP contribution in [0.25, 0.3) is 0 Å². The second-order valence-corrected chi connectivity index (χ2v) is 8.05. The van der Waals surface area contributed by atoms with Crippen molar-refractivity contribution in [2.24, 2.45) is 0 Å². The lowest BCUT2D eigenvalue weighted by molar-refractivity contribution is -0.121. The Balaban J connectivity index is 1.76. The van der Waals surface area contributed by atoms with Crippen LogP contribution in [0.4, 0.5) is 5.69 Å². The maximum Gasteiger partial charge on any atom is 0.232 e. The minimum Gasteiger partial charge on any atom is -0.497 e. The van der Waals surface area contributed by atoms with Crippen LogP contribution in [0.2, 0.25) is 0 Å². The fourth-order valence-electron chi connectivity index (χ4n) is 2.61. The quantitative estimate of drug-likeness (QED) is 0.585. The van der Waals surface area contributed by atoms with Crippen LogP contribution in [0.3, 0.4) is 0 Å². The van der Waals surface area contributed by atoms with Gasteiger partial charge in [-0.25, -0.2) is 13.4 Å². The van der Waals surface area contributed by atoms with E-state index in [0.717, 1.165) is 19.2 Å². The van der Waals surface area contributed by atoms with E-state index in [9.17, 15) is 13.2 Å². The van der Waals surface area contributed by atoms with Crippen LogP contribution in [-0.4, -0.2) is 50.3 Å². The Morgan fingerprint density at radius 1 is 1.26 bits per heavy atom. The van der Waals surface area contributed by atoms with Crippen molar-refractivity contribution >= 4 is 21.6 Å². The van der Waals surface area contributed by atoms with E-state index in [1.165, 1.54) is 4.31 Å². The van der Waals surface area contributed by atoms with Gasteiger partial charge in [0.2, 0.25) is 15.9 Å². The highest BCUT2D eigenvalue weighted by Crippen LogP contribution is 2.21. The highest BCUT2D eigenvalue weighted by molar-refractivity contribution is 7.92. The molecule has 0 saturated carbocycles. The van der Waals surface area contributed by atoms with Crippen molar-refractivity contribution in [3.8, 4) is 5.75 Å². The Hall–Kier alpha value is -2.55. The number of nitrogens with one attached hydrogen (secondary N) is 1. The van der Waals surface area contributed by atoms with Crippen LogP contribution in [0.1, 0.15) is 19.3 Å². The van der Waals surface area contributed by atoms with Gasteiger partial charge in [0.1, 0.15) is 5.75 Å². The molecule has 9 heteroatoms. The number of sulfonamides is 1.